The fourth-order valence-corrected chi connectivity index (χ4v) is 5.50. The maximum atomic E-state index is 12.6. The van der Waals surface area contributed by atoms with Gasteiger partial charge in [-0.3, -0.25) is 4.79 Å². The first-order valence-corrected chi connectivity index (χ1v) is 11.6. The Bertz CT molecular complexity index is 932. The van der Waals surface area contributed by atoms with Gasteiger partial charge in [-0.25, -0.2) is 8.42 Å². The highest BCUT2D eigenvalue weighted by atomic mass is 32.2. The Morgan fingerprint density at radius 2 is 1.62 bits per heavy atom. The molecule has 29 heavy (non-hydrogen) atoms. The van der Waals surface area contributed by atoms with Crippen molar-refractivity contribution in [2.75, 3.05) is 13.1 Å². The summed E-state index contributed by atoms with van der Waals surface area (Å²) in [5.74, 6) is -0.188. The van der Waals surface area contributed by atoms with Gasteiger partial charge in [0, 0.05) is 24.7 Å². The van der Waals surface area contributed by atoms with E-state index in [9.17, 15) is 13.2 Å². The summed E-state index contributed by atoms with van der Waals surface area (Å²) in [5, 5.41) is 3.04. The van der Waals surface area contributed by atoms with Crippen LogP contribution >= 0.6 is 0 Å². The number of carbonyl (C=O) groups is 1. The fourth-order valence-electron chi connectivity index (χ4n) is 3.99. The summed E-state index contributed by atoms with van der Waals surface area (Å²) in [5.41, 5.74) is 1.63. The van der Waals surface area contributed by atoms with Crippen LogP contribution in [0.2, 0.25) is 0 Å². The molecule has 5 nitrogen and oxygen atoms in total. The van der Waals surface area contributed by atoms with E-state index in [1.807, 2.05) is 25.1 Å². The Hall–Kier alpha value is -2.18. The van der Waals surface area contributed by atoms with Crippen molar-refractivity contribution in [1.82, 2.24) is 9.62 Å². The first-order valence-electron chi connectivity index (χ1n) is 10.2. The average molecular weight is 415 g/mol. The molecule has 0 aliphatic carbocycles. The normalized spacial score (nSPS) is 16.5. The van der Waals surface area contributed by atoms with E-state index >= 15 is 0 Å². The minimum absolute atomic E-state index is 0.0225. The molecule has 1 atom stereocenters. The maximum Gasteiger partial charge on any atom is 0.251 e. The lowest BCUT2D eigenvalue weighted by Gasteiger charge is -2.29. The SMILES string of the molecule is C[C@@H](CC(C)(C)c1ccccc1)NC(=O)c1ccc(S(=O)(=O)N2CCCC2)cc1. The van der Waals surface area contributed by atoms with Gasteiger partial charge in [0.05, 0.1) is 4.90 Å². The number of carbonyl (C=O) groups excluding carboxylic acids is 1. The van der Waals surface area contributed by atoms with Crippen LogP contribution in [0.5, 0.6) is 0 Å². The predicted octanol–water partition coefficient (Wildman–Crippen LogP) is 3.96. The van der Waals surface area contributed by atoms with Crippen molar-refractivity contribution in [3.63, 3.8) is 0 Å². The number of nitrogens with zero attached hydrogens (tertiary/aromatic N) is 1. The predicted molar refractivity (Wildman–Crippen MR) is 115 cm³/mol. The van der Waals surface area contributed by atoms with Gasteiger partial charge in [-0.05, 0) is 61.4 Å². The number of sulfonamides is 1. The molecular formula is C23H30N2O3S. The zero-order chi connectivity index (χ0) is 21.1. The summed E-state index contributed by atoms with van der Waals surface area (Å²) in [6.07, 6.45) is 2.60. The van der Waals surface area contributed by atoms with E-state index in [-0.39, 0.29) is 22.3 Å². The molecule has 6 heteroatoms. The van der Waals surface area contributed by atoms with Gasteiger partial charge >= 0.3 is 0 Å². The van der Waals surface area contributed by atoms with Crippen LogP contribution in [-0.2, 0) is 15.4 Å². The van der Waals surface area contributed by atoms with Crippen LogP contribution in [0.15, 0.2) is 59.5 Å². The summed E-state index contributed by atoms with van der Waals surface area (Å²) in [6, 6.07) is 16.5. The molecule has 0 aromatic heterocycles. The quantitative estimate of drug-likeness (QED) is 0.746. The van der Waals surface area contributed by atoms with Gasteiger partial charge in [0.25, 0.3) is 5.91 Å². The molecule has 156 valence electrons. The molecule has 2 aromatic rings. The van der Waals surface area contributed by atoms with Gasteiger partial charge in [-0.15, -0.1) is 0 Å². The zero-order valence-corrected chi connectivity index (χ0v) is 18.2. The second kappa shape index (κ2) is 8.67. The molecule has 0 radical (unpaired) electrons. The van der Waals surface area contributed by atoms with Crippen LogP contribution in [0.3, 0.4) is 0 Å². The summed E-state index contributed by atoms with van der Waals surface area (Å²) < 4.78 is 26.7. The van der Waals surface area contributed by atoms with Crippen molar-refractivity contribution in [3.05, 3.63) is 65.7 Å². The van der Waals surface area contributed by atoms with Crippen LogP contribution in [0, 0.1) is 0 Å². The molecule has 3 rings (SSSR count). The first kappa shape index (κ1) is 21.5. The Morgan fingerprint density at radius 1 is 1.03 bits per heavy atom. The van der Waals surface area contributed by atoms with E-state index in [4.69, 9.17) is 0 Å². The molecule has 1 heterocycles. The number of hydrogen-bond acceptors (Lipinski definition) is 3. The van der Waals surface area contributed by atoms with Crippen molar-refractivity contribution < 1.29 is 13.2 Å². The highest BCUT2D eigenvalue weighted by molar-refractivity contribution is 7.89. The van der Waals surface area contributed by atoms with Gasteiger partial charge in [0.1, 0.15) is 0 Å². The van der Waals surface area contributed by atoms with E-state index in [0.29, 0.717) is 18.7 Å². The molecule has 0 unspecified atom stereocenters. The van der Waals surface area contributed by atoms with Gasteiger partial charge in [-0.1, -0.05) is 44.2 Å². The molecular weight excluding hydrogens is 384 g/mol. The lowest BCUT2D eigenvalue weighted by Crippen LogP contribution is -2.37. The molecule has 1 aliphatic rings. The van der Waals surface area contributed by atoms with Gasteiger partial charge in [-0.2, -0.15) is 4.31 Å². The van der Waals surface area contributed by atoms with Crippen LogP contribution in [0.1, 0.15) is 56.0 Å². The lowest BCUT2D eigenvalue weighted by atomic mass is 9.79. The maximum absolute atomic E-state index is 12.6. The lowest BCUT2D eigenvalue weighted by molar-refractivity contribution is 0.0934. The highest BCUT2D eigenvalue weighted by Crippen LogP contribution is 2.28. The Kier molecular flexibility index (Phi) is 6.44. The Labute approximate surface area is 174 Å². The molecule has 1 saturated heterocycles. The third-order valence-electron chi connectivity index (χ3n) is 5.57. The highest BCUT2D eigenvalue weighted by Gasteiger charge is 2.27. The molecule has 1 N–H and O–H groups in total. The van der Waals surface area contributed by atoms with Gasteiger partial charge in [0.2, 0.25) is 10.0 Å². The molecule has 1 amide bonds. The summed E-state index contributed by atoms with van der Waals surface area (Å²) in [6.45, 7) is 7.47. The Morgan fingerprint density at radius 3 is 2.21 bits per heavy atom. The minimum Gasteiger partial charge on any atom is -0.350 e. The van der Waals surface area contributed by atoms with Gasteiger partial charge < -0.3 is 5.32 Å². The van der Waals surface area contributed by atoms with Crippen LogP contribution in [0.25, 0.3) is 0 Å². The van der Waals surface area contributed by atoms with Crippen LogP contribution in [-0.4, -0.2) is 37.8 Å². The monoisotopic (exact) mass is 414 g/mol. The number of nitrogens with one attached hydrogen (secondary N) is 1. The molecule has 0 bridgehead atoms. The topological polar surface area (TPSA) is 66.5 Å². The van der Waals surface area contributed by atoms with Gasteiger partial charge in [0.15, 0.2) is 0 Å². The van der Waals surface area contributed by atoms with Crippen molar-refractivity contribution >= 4 is 15.9 Å². The van der Waals surface area contributed by atoms with Crippen molar-refractivity contribution in [2.45, 2.75) is 56.4 Å². The number of rotatable bonds is 7. The van der Waals surface area contributed by atoms with Crippen LogP contribution in [0.4, 0.5) is 0 Å². The van der Waals surface area contributed by atoms with E-state index < -0.39 is 10.0 Å². The number of benzene rings is 2. The molecule has 2 aromatic carbocycles. The second-order valence-electron chi connectivity index (χ2n) is 8.46. The molecule has 1 fully saturated rings. The number of amides is 1. The summed E-state index contributed by atoms with van der Waals surface area (Å²) >= 11 is 0. The van der Waals surface area contributed by atoms with Crippen molar-refractivity contribution in [2.24, 2.45) is 0 Å². The third kappa shape index (κ3) is 5.06. The Balaban J connectivity index is 1.63. The summed E-state index contributed by atoms with van der Waals surface area (Å²) in [7, 11) is -3.46. The fraction of sp³-hybridized carbons (Fsp3) is 0.435. The third-order valence-corrected chi connectivity index (χ3v) is 7.48. The molecule has 0 spiro atoms. The molecule has 0 saturated carbocycles. The molecule has 1 aliphatic heterocycles. The van der Waals surface area contributed by atoms with Crippen molar-refractivity contribution in [1.29, 1.82) is 0 Å². The first-order chi connectivity index (χ1) is 13.7. The smallest absolute Gasteiger partial charge is 0.251 e. The largest absolute Gasteiger partial charge is 0.350 e. The second-order valence-corrected chi connectivity index (χ2v) is 10.4. The van der Waals surface area contributed by atoms with E-state index in [0.717, 1.165) is 19.3 Å². The van der Waals surface area contributed by atoms with E-state index in [1.54, 1.807) is 12.1 Å². The van der Waals surface area contributed by atoms with E-state index in [2.05, 4.69) is 31.3 Å². The van der Waals surface area contributed by atoms with E-state index in [1.165, 1.54) is 22.0 Å². The van der Waals surface area contributed by atoms with Crippen molar-refractivity contribution in [3.8, 4) is 0 Å². The standard InChI is InChI=1S/C23H30N2O3S/c1-18(17-23(2,3)20-9-5-4-6-10-20)24-22(26)19-11-13-21(14-12-19)29(27,28)25-15-7-8-16-25/h4-6,9-14,18H,7-8,15-17H2,1-3H3,(H,24,26)/t18-/m0/s1. The van der Waals surface area contributed by atoms with Crippen LogP contribution < -0.4 is 5.32 Å². The number of hydrogen-bond donors (Lipinski definition) is 1. The summed E-state index contributed by atoms with van der Waals surface area (Å²) in [4.78, 5) is 12.9. The zero-order valence-electron chi connectivity index (χ0n) is 17.4. The average Bonchev–Trinajstić information content (AvgIpc) is 3.24. The minimum atomic E-state index is -3.46.